The van der Waals surface area contributed by atoms with Gasteiger partial charge < -0.3 is 16.0 Å². The van der Waals surface area contributed by atoms with Crippen LogP contribution >= 0.6 is 24.8 Å². The van der Waals surface area contributed by atoms with Crippen molar-refractivity contribution >= 4 is 47.8 Å². The van der Waals surface area contributed by atoms with E-state index in [1.165, 1.54) is 25.7 Å². The highest BCUT2D eigenvalue weighted by atomic mass is 35.5. The smallest absolute Gasteiger partial charge is 0.256 e. The van der Waals surface area contributed by atoms with Gasteiger partial charge in [0, 0.05) is 24.3 Å². The first-order valence-electron chi connectivity index (χ1n) is 8.55. The quantitative estimate of drug-likeness (QED) is 0.711. The molecule has 3 N–H and O–H groups in total. The Bertz CT molecular complexity index is 746. The van der Waals surface area contributed by atoms with E-state index in [4.69, 9.17) is 5.73 Å². The Hall–Kier alpha value is -1.91. The van der Waals surface area contributed by atoms with E-state index in [2.05, 4.69) is 23.3 Å². The Morgan fingerprint density at radius 3 is 2.46 bits per heavy atom. The van der Waals surface area contributed by atoms with E-state index in [9.17, 15) is 4.79 Å². The van der Waals surface area contributed by atoms with Crippen molar-refractivity contribution < 1.29 is 4.79 Å². The predicted molar refractivity (Wildman–Crippen MR) is 115 cm³/mol. The van der Waals surface area contributed by atoms with Crippen LogP contribution < -0.4 is 16.0 Å². The van der Waals surface area contributed by atoms with E-state index < -0.39 is 0 Å². The number of benzene rings is 2. The highest BCUT2D eigenvalue weighted by Gasteiger charge is 2.22. The van der Waals surface area contributed by atoms with E-state index in [1.807, 2.05) is 37.3 Å². The van der Waals surface area contributed by atoms with E-state index >= 15 is 0 Å². The minimum absolute atomic E-state index is 0. The van der Waals surface area contributed by atoms with Crippen molar-refractivity contribution in [2.45, 2.75) is 38.6 Å². The molecule has 26 heavy (non-hydrogen) atoms. The van der Waals surface area contributed by atoms with Crippen LogP contribution in [0.15, 0.2) is 42.5 Å². The zero-order valence-corrected chi connectivity index (χ0v) is 16.8. The zero-order chi connectivity index (χ0) is 17.1. The van der Waals surface area contributed by atoms with Crippen molar-refractivity contribution in [3.8, 4) is 0 Å². The van der Waals surface area contributed by atoms with E-state index in [0.717, 1.165) is 16.9 Å². The third-order valence-electron chi connectivity index (χ3n) is 4.91. The van der Waals surface area contributed by atoms with Crippen molar-refractivity contribution in [1.82, 2.24) is 0 Å². The van der Waals surface area contributed by atoms with Gasteiger partial charge in [0.25, 0.3) is 5.91 Å². The predicted octanol–water partition coefficient (Wildman–Crippen LogP) is 5.05. The number of nitrogens with one attached hydrogen (secondary N) is 1. The van der Waals surface area contributed by atoms with Crippen LogP contribution in [0.4, 0.5) is 17.1 Å². The molecule has 1 aliphatic rings. The number of hydrogen-bond donors (Lipinski definition) is 2. The number of rotatable bonds is 4. The summed E-state index contributed by atoms with van der Waals surface area (Å²) in [7, 11) is 2.12. The zero-order valence-electron chi connectivity index (χ0n) is 15.2. The van der Waals surface area contributed by atoms with E-state index in [0.29, 0.717) is 17.3 Å². The van der Waals surface area contributed by atoms with Crippen molar-refractivity contribution in [2.24, 2.45) is 0 Å². The molecular weight excluding hydrogens is 369 g/mol. The second-order valence-electron chi connectivity index (χ2n) is 6.59. The van der Waals surface area contributed by atoms with Gasteiger partial charge in [0.05, 0.1) is 11.4 Å². The molecule has 0 bridgehead atoms. The van der Waals surface area contributed by atoms with Crippen LogP contribution in [-0.2, 0) is 0 Å². The molecule has 142 valence electrons. The molecule has 0 radical (unpaired) electrons. The number of nitrogens with zero attached hydrogens (tertiary/aromatic N) is 1. The lowest BCUT2D eigenvalue weighted by atomic mass is 10.1. The molecule has 2 aromatic rings. The first-order valence-corrected chi connectivity index (χ1v) is 8.55. The molecular formula is C20H27Cl2N3O. The van der Waals surface area contributed by atoms with Gasteiger partial charge in [-0.2, -0.15) is 0 Å². The number of amides is 1. The van der Waals surface area contributed by atoms with Crippen LogP contribution in [0.25, 0.3) is 0 Å². The van der Waals surface area contributed by atoms with E-state index in [1.54, 1.807) is 6.07 Å². The van der Waals surface area contributed by atoms with Crippen LogP contribution in [0.5, 0.6) is 0 Å². The number of nitrogen functional groups attached to an aromatic ring is 1. The Labute approximate surface area is 168 Å². The summed E-state index contributed by atoms with van der Waals surface area (Å²) in [5, 5.41) is 3.06. The molecule has 0 atom stereocenters. The Kier molecular flexibility index (Phi) is 8.25. The minimum atomic E-state index is -0.118. The van der Waals surface area contributed by atoms with Gasteiger partial charge in [0.1, 0.15) is 0 Å². The number of carbonyl (C=O) groups is 1. The fraction of sp³-hybridized carbons (Fsp3) is 0.350. The van der Waals surface area contributed by atoms with E-state index in [-0.39, 0.29) is 30.7 Å². The SMILES string of the molecule is Cc1ccc(N)cc1C(=O)Nc1ccccc1N(C)C1CCCC1.Cl.Cl. The van der Waals surface area contributed by atoms with Gasteiger partial charge >= 0.3 is 0 Å². The molecule has 0 aromatic heterocycles. The molecule has 1 saturated carbocycles. The van der Waals surface area contributed by atoms with Gasteiger partial charge in [-0.15, -0.1) is 24.8 Å². The number of hydrogen-bond acceptors (Lipinski definition) is 3. The summed E-state index contributed by atoms with van der Waals surface area (Å²) in [6, 6.07) is 14.0. The van der Waals surface area contributed by atoms with Crippen molar-refractivity contribution in [3.63, 3.8) is 0 Å². The lowest BCUT2D eigenvalue weighted by Crippen LogP contribution is -2.30. The molecule has 0 spiro atoms. The fourth-order valence-corrected chi connectivity index (χ4v) is 3.45. The molecule has 6 heteroatoms. The largest absolute Gasteiger partial charge is 0.399 e. The number of anilines is 3. The van der Waals surface area contributed by atoms with Crippen LogP contribution in [0.1, 0.15) is 41.6 Å². The van der Waals surface area contributed by atoms with Crippen molar-refractivity contribution in [2.75, 3.05) is 23.0 Å². The molecule has 3 rings (SSSR count). The summed E-state index contributed by atoms with van der Waals surface area (Å²) in [6.45, 7) is 1.92. The fourth-order valence-electron chi connectivity index (χ4n) is 3.45. The molecule has 1 fully saturated rings. The Morgan fingerprint density at radius 1 is 1.12 bits per heavy atom. The van der Waals surface area contributed by atoms with Crippen LogP contribution in [-0.4, -0.2) is 19.0 Å². The molecule has 2 aromatic carbocycles. The standard InChI is InChI=1S/C20H25N3O.2ClH/c1-14-11-12-15(21)13-17(14)20(24)22-18-9-5-6-10-19(18)23(2)16-7-3-4-8-16;;/h5-6,9-13,16H,3-4,7-8,21H2,1-2H3,(H,22,24);2*1H. The monoisotopic (exact) mass is 395 g/mol. The summed E-state index contributed by atoms with van der Waals surface area (Å²) >= 11 is 0. The third kappa shape index (κ3) is 4.83. The molecule has 0 aliphatic heterocycles. The maximum absolute atomic E-state index is 12.7. The Balaban J connectivity index is 0.00000169. The molecule has 0 unspecified atom stereocenters. The normalized spacial score (nSPS) is 13.5. The second kappa shape index (κ2) is 9.70. The highest BCUT2D eigenvalue weighted by Crippen LogP contribution is 2.32. The maximum Gasteiger partial charge on any atom is 0.256 e. The maximum atomic E-state index is 12.7. The topological polar surface area (TPSA) is 58.4 Å². The first kappa shape index (κ1) is 22.1. The van der Waals surface area contributed by atoms with Gasteiger partial charge in [-0.05, 0) is 49.6 Å². The number of halogens is 2. The molecule has 1 amide bonds. The summed E-state index contributed by atoms with van der Waals surface area (Å²) < 4.78 is 0. The molecule has 1 aliphatic carbocycles. The van der Waals surface area contributed by atoms with Gasteiger partial charge in [-0.25, -0.2) is 0 Å². The summed E-state index contributed by atoms with van der Waals surface area (Å²) in [5.74, 6) is -0.118. The van der Waals surface area contributed by atoms with Crippen LogP contribution in [0.3, 0.4) is 0 Å². The number of aryl methyl sites for hydroxylation is 1. The average Bonchev–Trinajstić information content (AvgIpc) is 3.11. The third-order valence-corrected chi connectivity index (χ3v) is 4.91. The number of nitrogens with two attached hydrogens (primary N) is 1. The highest BCUT2D eigenvalue weighted by molar-refractivity contribution is 6.07. The number of para-hydroxylation sites is 2. The van der Waals surface area contributed by atoms with Crippen LogP contribution in [0, 0.1) is 6.92 Å². The average molecular weight is 396 g/mol. The summed E-state index contributed by atoms with van der Waals surface area (Å²) in [6.07, 6.45) is 5.00. The van der Waals surface area contributed by atoms with Crippen molar-refractivity contribution in [3.05, 3.63) is 53.6 Å². The first-order chi connectivity index (χ1) is 11.6. The molecule has 0 heterocycles. The lowest BCUT2D eigenvalue weighted by molar-refractivity contribution is 0.102. The van der Waals surface area contributed by atoms with Gasteiger partial charge in [0.2, 0.25) is 0 Å². The van der Waals surface area contributed by atoms with Crippen LogP contribution in [0.2, 0.25) is 0 Å². The van der Waals surface area contributed by atoms with Gasteiger partial charge in [-0.1, -0.05) is 31.0 Å². The van der Waals surface area contributed by atoms with Gasteiger partial charge in [-0.3, -0.25) is 4.79 Å². The van der Waals surface area contributed by atoms with Crippen molar-refractivity contribution in [1.29, 1.82) is 0 Å². The number of carbonyl (C=O) groups excluding carboxylic acids is 1. The Morgan fingerprint density at radius 2 is 1.77 bits per heavy atom. The summed E-state index contributed by atoms with van der Waals surface area (Å²) in [5.41, 5.74) is 9.88. The minimum Gasteiger partial charge on any atom is -0.399 e. The molecule has 4 nitrogen and oxygen atoms in total. The summed E-state index contributed by atoms with van der Waals surface area (Å²) in [4.78, 5) is 15.0. The molecule has 0 saturated heterocycles. The second-order valence-corrected chi connectivity index (χ2v) is 6.59. The lowest BCUT2D eigenvalue weighted by Gasteiger charge is -2.28. The van der Waals surface area contributed by atoms with Gasteiger partial charge in [0.15, 0.2) is 0 Å².